The van der Waals surface area contributed by atoms with Gasteiger partial charge in [-0.15, -0.1) is 0 Å². The van der Waals surface area contributed by atoms with Crippen LogP contribution in [0.2, 0.25) is 0 Å². The van der Waals surface area contributed by atoms with Gasteiger partial charge in [0.1, 0.15) is 12.2 Å². The fourth-order valence-corrected chi connectivity index (χ4v) is 9.25. The minimum absolute atomic E-state index is 0.0642. The lowest BCUT2D eigenvalue weighted by Crippen LogP contribution is -2.52. The Hall–Kier alpha value is -3.26. The second-order valence-corrected chi connectivity index (χ2v) is 13.0. The van der Waals surface area contributed by atoms with Crippen molar-refractivity contribution in [2.24, 2.45) is 16.7 Å². The number of carbonyl (C=O) groups is 2. The van der Waals surface area contributed by atoms with Crippen LogP contribution < -0.4 is 0 Å². The standard InChI is InChI=1S/C36H36O4/c1-22(38)23-4-6-24(7-5-23)25-8-10-29-26(18-25)20-35-15-12-28(39)19-27(35)9-11-30-32-13-16-36(40,14-3-17-37)34(32,2)21-31(29)33(30)35/h4-8,10,18-19,31-32,37,40H,9,11-13,15-17,20-21H2,1-2H3/t31-,32+,34+,35-,36+/m1/s1. The van der Waals surface area contributed by atoms with Gasteiger partial charge in [-0.3, -0.25) is 9.59 Å². The molecule has 1 fully saturated rings. The largest absolute Gasteiger partial charge is 0.384 e. The minimum atomic E-state index is -1.12. The van der Waals surface area contributed by atoms with Crippen LogP contribution in [0.3, 0.4) is 0 Å². The Balaban J connectivity index is 1.41. The number of allylic oxidation sites excluding steroid dienone is 4. The molecule has 4 heteroatoms. The average molecular weight is 533 g/mol. The first-order valence-electron chi connectivity index (χ1n) is 14.7. The lowest BCUT2D eigenvalue weighted by molar-refractivity contribution is -0.115. The molecule has 4 nitrogen and oxygen atoms in total. The Kier molecular flexibility index (Phi) is 5.70. The normalized spacial score (nSPS) is 33.6. The van der Waals surface area contributed by atoms with Crippen molar-refractivity contribution in [1.29, 1.82) is 0 Å². The van der Waals surface area contributed by atoms with Gasteiger partial charge in [0.2, 0.25) is 0 Å². The van der Waals surface area contributed by atoms with Crippen LogP contribution in [0.4, 0.5) is 0 Å². The van der Waals surface area contributed by atoms with Crippen molar-refractivity contribution >= 4 is 11.6 Å². The molecular formula is C36H36O4. The fraction of sp³-hybridized carbons (Fsp3) is 0.444. The molecule has 0 aliphatic heterocycles. The SMILES string of the molecule is CC(=O)c1ccc(-c2ccc3c(c2)C[C@]24CCC(=O)C=C2CCC2=C4[C@@H]3C[C@@]3(C)[C@H]2CC[C@@]3(O)C#CCO)cc1. The second-order valence-electron chi connectivity index (χ2n) is 13.0. The lowest BCUT2D eigenvalue weighted by Gasteiger charge is -2.58. The molecule has 0 unspecified atom stereocenters. The summed E-state index contributed by atoms with van der Waals surface area (Å²) in [7, 11) is 0. The van der Waals surface area contributed by atoms with Crippen molar-refractivity contribution in [3.8, 4) is 23.0 Å². The molecule has 5 aliphatic carbocycles. The molecule has 0 radical (unpaired) electrons. The molecule has 40 heavy (non-hydrogen) atoms. The van der Waals surface area contributed by atoms with Crippen molar-refractivity contribution in [3.05, 3.63) is 82.0 Å². The molecule has 2 N–H and O–H groups in total. The number of aliphatic hydroxyl groups excluding tert-OH is 1. The van der Waals surface area contributed by atoms with Crippen LogP contribution in [0, 0.1) is 28.6 Å². The first kappa shape index (κ1) is 25.7. The van der Waals surface area contributed by atoms with Crippen LogP contribution in [-0.4, -0.2) is 34.0 Å². The highest BCUT2D eigenvalue weighted by Crippen LogP contribution is 2.70. The van der Waals surface area contributed by atoms with E-state index in [0.717, 1.165) is 49.7 Å². The third kappa shape index (κ3) is 3.47. The van der Waals surface area contributed by atoms with Crippen molar-refractivity contribution in [3.63, 3.8) is 0 Å². The summed E-state index contributed by atoms with van der Waals surface area (Å²) >= 11 is 0. The molecule has 5 aliphatic rings. The van der Waals surface area contributed by atoms with Crippen LogP contribution >= 0.6 is 0 Å². The Morgan fingerprint density at radius 3 is 2.58 bits per heavy atom. The number of fused-ring (bicyclic) bond motifs is 4. The van der Waals surface area contributed by atoms with E-state index >= 15 is 0 Å². The molecule has 0 aromatic heterocycles. The van der Waals surface area contributed by atoms with Crippen LogP contribution in [-0.2, 0) is 11.2 Å². The Morgan fingerprint density at radius 1 is 1.05 bits per heavy atom. The van der Waals surface area contributed by atoms with E-state index in [2.05, 4.69) is 37.0 Å². The van der Waals surface area contributed by atoms with Gasteiger partial charge in [-0.25, -0.2) is 0 Å². The molecule has 5 atom stereocenters. The summed E-state index contributed by atoms with van der Waals surface area (Å²) in [6.07, 6.45) is 8.54. The maximum Gasteiger partial charge on any atom is 0.159 e. The number of hydrogen-bond donors (Lipinski definition) is 2. The zero-order valence-corrected chi connectivity index (χ0v) is 23.3. The smallest absolute Gasteiger partial charge is 0.159 e. The molecule has 7 rings (SSSR count). The number of Topliss-reactive ketones (excluding diaryl/α,β-unsaturated/α-hetero) is 1. The molecule has 2 aromatic carbocycles. The Morgan fingerprint density at radius 2 is 1.82 bits per heavy atom. The van der Waals surface area contributed by atoms with E-state index in [1.165, 1.54) is 22.3 Å². The summed E-state index contributed by atoms with van der Waals surface area (Å²) in [5.74, 6) is 6.65. The van der Waals surface area contributed by atoms with Gasteiger partial charge in [-0.2, -0.15) is 0 Å². The van der Waals surface area contributed by atoms with Gasteiger partial charge in [0.05, 0.1) is 0 Å². The molecule has 0 heterocycles. The van der Waals surface area contributed by atoms with E-state index in [1.807, 2.05) is 30.3 Å². The molecular weight excluding hydrogens is 496 g/mol. The summed E-state index contributed by atoms with van der Waals surface area (Å²) in [5.41, 5.74) is 8.33. The first-order chi connectivity index (χ1) is 19.2. The monoisotopic (exact) mass is 532 g/mol. The van der Waals surface area contributed by atoms with E-state index in [-0.39, 0.29) is 35.4 Å². The average Bonchev–Trinajstić information content (AvgIpc) is 3.22. The van der Waals surface area contributed by atoms with E-state index in [9.17, 15) is 19.8 Å². The van der Waals surface area contributed by atoms with Crippen molar-refractivity contribution in [2.75, 3.05) is 6.61 Å². The topological polar surface area (TPSA) is 74.6 Å². The van der Waals surface area contributed by atoms with Gasteiger partial charge in [-0.05, 0) is 86.1 Å². The van der Waals surface area contributed by atoms with Gasteiger partial charge < -0.3 is 10.2 Å². The van der Waals surface area contributed by atoms with Crippen molar-refractivity contribution in [1.82, 2.24) is 0 Å². The van der Waals surface area contributed by atoms with E-state index in [0.29, 0.717) is 18.4 Å². The van der Waals surface area contributed by atoms with Gasteiger partial charge >= 0.3 is 0 Å². The van der Waals surface area contributed by atoms with Crippen molar-refractivity contribution in [2.45, 2.75) is 76.7 Å². The highest BCUT2D eigenvalue weighted by molar-refractivity contribution is 5.94. The van der Waals surface area contributed by atoms with Crippen LogP contribution in [0.5, 0.6) is 0 Å². The summed E-state index contributed by atoms with van der Waals surface area (Å²) in [5, 5.41) is 21.4. The minimum Gasteiger partial charge on any atom is -0.384 e. The van der Waals surface area contributed by atoms with Gasteiger partial charge in [0.25, 0.3) is 0 Å². The molecule has 0 bridgehead atoms. The third-order valence-corrected chi connectivity index (χ3v) is 11.2. The maximum atomic E-state index is 12.6. The van der Waals surface area contributed by atoms with E-state index in [1.54, 1.807) is 12.5 Å². The summed E-state index contributed by atoms with van der Waals surface area (Å²) in [6.45, 7) is 3.57. The lowest BCUT2D eigenvalue weighted by atomic mass is 9.45. The Bertz CT molecular complexity index is 1580. The number of carbonyl (C=O) groups excluding carboxylic acids is 2. The zero-order valence-electron chi connectivity index (χ0n) is 23.3. The molecule has 0 amide bonds. The predicted octanol–water partition coefficient (Wildman–Crippen LogP) is 6.11. The highest BCUT2D eigenvalue weighted by Gasteiger charge is 2.64. The van der Waals surface area contributed by atoms with Crippen molar-refractivity contribution < 1.29 is 19.8 Å². The van der Waals surface area contributed by atoms with E-state index < -0.39 is 11.0 Å². The predicted molar refractivity (Wildman–Crippen MR) is 155 cm³/mol. The van der Waals surface area contributed by atoms with Crippen LogP contribution in [0.15, 0.2) is 65.3 Å². The zero-order chi connectivity index (χ0) is 27.9. The third-order valence-electron chi connectivity index (χ3n) is 11.2. The molecule has 0 saturated heterocycles. The molecule has 1 saturated carbocycles. The number of benzene rings is 2. The molecule has 204 valence electrons. The quantitative estimate of drug-likeness (QED) is 0.278. The number of aliphatic hydroxyl groups is 2. The Labute approximate surface area is 236 Å². The number of rotatable bonds is 2. The van der Waals surface area contributed by atoms with E-state index in [4.69, 9.17) is 0 Å². The van der Waals surface area contributed by atoms with Crippen LogP contribution in [0.1, 0.15) is 86.2 Å². The summed E-state index contributed by atoms with van der Waals surface area (Å²) in [4.78, 5) is 24.4. The molecule has 2 aromatic rings. The fourth-order valence-electron chi connectivity index (χ4n) is 9.25. The van der Waals surface area contributed by atoms with Gasteiger partial charge in [0, 0.05) is 28.7 Å². The summed E-state index contributed by atoms with van der Waals surface area (Å²) < 4.78 is 0. The van der Waals surface area contributed by atoms with Crippen LogP contribution in [0.25, 0.3) is 11.1 Å². The summed E-state index contributed by atoms with van der Waals surface area (Å²) in [6, 6.07) is 14.7. The number of hydrogen-bond acceptors (Lipinski definition) is 4. The number of ketones is 2. The second kappa shape index (κ2) is 8.87. The maximum absolute atomic E-state index is 12.6. The van der Waals surface area contributed by atoms with Gasteiger partial charge in [0.15, 0.2) is 11.6 Å². The highest BCUT2D eigenvalue weighted by atomic mass is 16.3. The molecule has 1 spiro atoms. The van der Waals surface area contributed by atoms with Gasteiger partial charge in [-0.1, -0.05) is 77.9 Å². The first-order valence-corrected chi connectivity index (χ1v) is 14.7.